The van der Waals surface area contributed by atoms with Gasteiger partial charge in [-0.2, -0.15) is 0 Å². The summed E-state index contributed by atoms with van der Waals surface area (Å²) in [4.78, 5) is 14.5. The zero-order valence-corrected chi connectivity index (χ0v) is 20.8. The monoisotopic (exact) mass is 571 g/mol. The van der Waals surface area contributed by atoms with Crippen LogP contribution in [-0.4, -0.2) is 42.4 Å². The average molecular weight is 571 g/mol. The minimum absolute atomic E-state index is 0.191. The Morgan fingerprint density at radius 3 is 2.96 bits per heavy atom. The Morgan fingerprint density at radius 1 is 1.36 bits per heavy atom. The number of hydrogen-bond acceptors (Lipinski definition) is 6. The third-order valence-corrected chi connectivity index (χ3v) is 11.1. The van der Waals surface area contributed by atoms with Crippen molar-refractivity contribution in [3.8, 4) is 5.75 Å². The van der Waals surface area contributed by atoms with Gasteiger partial charge in [0.05, 0.1) is 0 Å². The van der Waals surface area contributed by atoms with Crippen molar-refractivity contribution >= 4 is 67.1 Å². The Balaban J connectivity index is 1.59. The number of hydrogen-bond donors (Lipinski definition) is 1. The molecule has 0 spiro atoms. The Bertz CT molecular complexity index is 978. The number of benzene rings is 1. The standard InChI is InChI=1S/C19H23AsIN5OS/c1-27-13-6-7-14(21)15(10-13)28-19-25-16-17(22)23-11-24-18(16)26(19)9-3-8-20-12-4-2-5-12/h6-7,10-12,20H,2-5,8-9H2,1H3,(H2,22,23,24). The molecular formula is C19H23AsIN5OS. The molecule has 1 atom stereocenters. The van der Waals surface area contributed by atoms with Gasteiger partial charge in [0.15, 0.2) is 0 Å². The van der Waals surface area contributed by atoms with Crippen LogP contribution in [0.1, 0.15) is 25.7 Å². The predicted octanol–water partition coefficient (Wildman–Crippen LogP) is 4.39. The van der Waals surface area contributed by atoms with Crippen LogP contribution in [0, 0.1) is 3.57 Å². The maximum absolute atomic E-state index is 6.08. The second-order valence-corrected chi connectivity index (χ2v) is 12.6. The van der Waals surface area contributed by atoms with E-state index in [4.69, 9.17) is 15.5 Å². The molecule has 148 valence electrons. The number of rotatable bonds is 8. The molecule has 0 radical (unpaired) electrons. The first-order chi connectivity index (χ1) is 13.7. The zero-order valence-electron chi connectivity index (χ0n) is 15.7. The summed E-state index contributed by atoms with van der Waals surface area (Å²) in [6, 6.07) is 6.09. The molecule has 0 saturated heterocycles. The van der Waals surface area contributed by atoms with Gasteiger partial charge in [-0.25, -0.2) is 0 Å². The SMILES string of the molecule is COc1ccc(I)c(Sc2nc3c(N)ncnc3n2CCC[AsH]C2CCC2)c1. The molecule has 1 saturated carbocycles. The number of nitrogens with zero attached hydrogens (tertiary/aromatic N) is 4. The van der Waals surface area contributed by atoms with Gasteiger partial charge in [0.1, 0.15) is 0 Å². The molecule has 1 aliphatic rings. The number of fused-ring (bicyclic) bond motifs is 1. The summed E-state index contributed by atoms with van der Waals surface area (Å²) in [5.74, 6) is 1.28. The van der Waals surface area contributed by atoms with Crippen LogP contribution in [-0.2, 0) is 6.54 Å². The number of ether oxygens (including phenoxy) is 1. The van der Waals surface area contributed by atoms with Gasteiger partial charge in [0.25, 0.3) is 0 Å². The van der Waals surface area contributed by atoms with Crippen LogP contribution in [0.15, 0.2) is 34.6 Å². The second-order valence-electron chi connectivity index (χ2n) is 6.81. The Labute approximate surface area is 189 Å². The van der Waals surface area contributed by atoms with Crippen molar-refractivity contribution in [1.82, 2.24) is 19.5 Å². The van der Waals surface area contributed by atoms with E-state index in [1.165, 1.54) is 37.2 Å². The zero-order chi connectivity index (χ0) is 19.5. The fraction of sp³-hybridized carbons (Fsp3) is 0.421. The van der Waals surface area contributed by atoms with Crippen molar-refractivity contribution in [2.45, 2.75) is 52.2 Å². The molecule has 1 unspecified atom stereocenters. The van der Waals surface area contributed by atoms with Gasteiger partial charge in [0, 0.05) is 0 Å². The predicted molar refractivity (Wildman–Crippen MR) is 124 cm³/mol. The third-order valence-electron chi connectivity index (χ3n) is 4.96. The first-order valence-electron chi connectivity index (χ1n) is 9.37. The summed E-state index contributed by atoms with van der Waals surface area (Å²) in [6.07, 6.45) is 7.08. The van der Waals surface area contributed by atoms with Crippen molar-refractivity contribution < 1.29 is 4.74 Å². The Morgan fingerprint density at radius 2 is 2.21 bits per heavy atom. The van der Waals surface area contributed by atoms with Gasteiger partial charge < -0.3 is 0 Å². The molecular weight excluding hydrogens is 548 g/mol. The average Bonchev–Trinajstić information content (AvgIpc) is 3.01. The summed E-state index contributed by atoms with van der Waals surface area (Å²) >= 11 is 4.18. The van der Waals surface area contributed by atoms with Gasteiger partial charge in [-0.15, -0.1) is 0 Å². The van der Waals surface area contributed by atoms with Crippen molar-refractivity contribution in [3.63, 3.8) is 0 Å². The van der Waals surface area contributed by atoms with Crippen molar-refractivity contribution in [2.75, 3.05) is 12.8 Å². The summed E-state index contributed by atoms with van der Waals surface area (Å²) in [6.45, 7) is 0.923. The van der Waals surface area contributed by atoms with E-state index >= 15 is 0 Å². The number of aryl methyl sites for hydroxylation is 1. The molecule has 9 heteroatoms. The Kier molecular flexibility index (Phi) is 6.68. The maximum atomic E-state index is 6.08. The molecule has 28 heavy (non-hydrogen) atoms. The number of methoxy groups -OCH3 is 1. The van der Waals surface area contributed by atoms with Crippen LogP contribution in [0.2, 0.25) is 9.91 Å². The molecule has 2 heterocycles. The molecule has 2 N–H and O–H groups in total. The van der Waals surface area contributed by atoms with E-state index in [0.29, 0.717) is 11.3 Å². The van der Waals surface area contributed by atoms with E-state index in [-0.39, 0.29) is 15.8 Å². The van der Waals surface area contributed by atoms with E-state index in [2.05, 4.69) is 43.2 Å². The van der Waals surface area contributed by atoms with Crippen LogP contribution in [0.5, 0.6) is 5.75 Å². The summed E-state index contributed by atoms with van der Waals surface area (Å²) in [7, 11) is 1.69. The second kappa shape index (κ2) is 9.22. The summed E-state index contributed by atoms with van der Waals surface area (Å²) in [5.41, 5.74) is 7.60. The fourth-order valence-electron chi connectivity index (χ4n) is 3.16. The van der Waals surface area contributed by atoms with Gasteiger partial charge in [-0.05, 0) is 0 Å². The van der Waals surface area contributed by atoms with Crippen molar-refractivity contribution in [1.29, 1.82) is 0 Å². The first-order valence-corrected chi connectivity index (χ1v) is 14.0. The van der Waals surface area contributed by atoms with Gasteiger partial charge in [-0.3, -0.25) is 0 Å². The Hall–Kier alpha value is -0.992. The molecule has 1 aliphatic carbocycles. The van der Waals surface area contributed by atoms with Crippen molar-refractivity contribution in [3.05, 3.63) is 28.1 Å². The first kappa shape index (κ1) is 20.3. The molecule has 6 nitrogen and oxygen atoms in total. The fourth-order valence-corrected chi connectivity index (χ4v) is 8.11. The molecule has 0 bridgehead atoms. The van der Waals surface area contributed by atoms with Crippen LogP contribution in [0.3, 0.4) is 0 Å². The van der Waals surface area contributed by atoms with Crippen LogP contribution in [0.25, 0.3) is 11.2 Å². The quantitative estimate of drug-likeness (QED) is 0.246. The number of imidazole rings is 1. The van der Waals surface area contributed by atoms with Crippen LogP contribution < -0.4 is 10.5 Å². The normalized spacial score (nSPS) is 14.8. The molecule has 1 aromatic carbocycles. The third kappa shape index (κ3) is 4.44. The van der Waals surface area contributed by atoms with Gasteiger partial charge >= 0.3 is 190 Å². The van der Waals surface area contributed by atoms with Crippen molar-refractivity contribution in [2.24, 2.45) is 0 Å². The summed E-state index contributed by atoms with van der Waals surface area (Å²) in [5, 5.41) is 2.28. The number of anilines is 1. The molecule has 0 aliphatic heterocycles. The van der Waals surface area contributed by atoms with E-state index in [1.54, 1.807) is 18.9 Å². The minimum atomic E-state index is 0.191. The number of aromatic nitrogens is 4. The molecule has 0 amide bonds. The van der Waals surface area contributed by atoms with Gasteiger partial charge in [0.2, 0.25) is 0 Å². The number of nitrogens with two attached hydrogens (primary N) is 1. The summed E-state index contributed by atoms with van der Waals surface area (Å²) < 4.78 is 9.84. The van der Waals surface area contributed by atoms with E-state index in [9.17, 15) is 0 Å². The number of halogens is 1. The van der Waals surface area contributed by atoms with Gasteiger partial charge in [-0.1, -0.05) is 0 Å². The van der Waals surface area contributed by atoms with Crippen LogP contribution in [0.4, 0.5) is 5.82 Å². The van der Waals surface area contributed by atoms with Crippen LogP contribution >= 0.6 is 34.4 Å². The van der Waals surface area contributed by atoms with E-state index < -0.39 is 0 Å². The van der Waals surface area contributed by atoms with E-state index in [0.717, 1.165) is 36.3 Å². The number of nitrogen functional groups attached to an aromatic ring is 1. The molecule has 1 fully saturated rings. The molecule has 3 aromatic rings. The molecule has 2 aromatic heterocycles. The topological polar surface area (TPSA) is 78.8 Å². The molecule has 4 rings (SSSR count). The van der Waals surface area contributed by atoms with E-state index in [1.807, 2.05) is 12.1 Å².